The fraction of sp³-hybridized carbons (Fsp3) is 0.0588. The molecular formula is C17H15N5O2. The number of anilines is 3. The van der Waals surface area contributed by atoms with Crippen LogP contribution in [0.25, 0.3) is 0 Å². The molecule has 120 valence electrons. The number of carboxylic acid groups (broad SMARTS) is 1. The Hall–Kier alpha value is -3.48. The summed E-state index contributed by atoms with van der Waals surface area (Å²) in [6, 6.07) is 12.1. The molecule has 24 heavy (non-hydrogen) atoms. The van der Waals surface area contributed by atoms with Gasteiger partial charge in [0, 0.05) is 30.7 Å². The minimum atomic E-state index is -0.972. The zero-order chi connectivity index (χ0) is 16.8. The summed E-state index contributed by atoms with van der Waals surface area (Å²) in [7, 11) is 0. The lowest BCUT2D eigenvalue weighted by Crippen LogP contribution is -2.03. The van der Waals surface area contributed by atoms with Crippen LogP contribution in [0, 0.1) is 0 Å². The van der Waals surface area contributed by atoms with Gasteiger partial charge in [0.05, 0.1) is 5.56 Å². The number of carboxylic acids is 1. The highest BCUT2D eigenvalue weighted by molar-refractivity contribution is 5.89. The van der Waals surface area contributed by atoms with Crippen LogP contribution in [0.4, 0.5) is 17.3 Å². The molecule has 0 aliphatic carbocycles. The van der Waals surface area contributed by atoms with Crippen molar-refractivity contribution in [2.75, 3.05) is 10.6 Å². The van der Waals surface area contributed by atoms with Crippen molar-refractivity contribution < 1.29 is 9.90 Å². The Morgan fingerprint density at radius 1 is 1.08 bits per heavy atom. The molecule has 0 bridgehead atoms. The smallest absolute Gasteiger partial charge is 0.335 e. The molecular weight excluding hydrogens is 306 g/mol. The van der Waals surface area contributed by atoms with Gasteiger partial charge in [0.25, 0.3) is 0 Å². The summed E-state index contributed by atoms with van der Waals surface area (Å²) in [5, 5.41) is 15.3. The Labute approximate surface area is 138 Å². The number of carbonyl (C=O) groups is 1. The van der Waals surface area contributed by atoms with Gasteiger partial charge in [-0.25, -0.2) is 14.8 Å². The van der Waals surface area contributed by atoms with Gasteiger partial charge in [-0.3, -0.25) is 4.98 Å². The van der Waals surface area contributed by atoms with Crippen LogP contribution in [-0.4, -0.2) is 26.0 Å². The molecule has 3 rings (SSSR count). The van der Waals surface area contributed by atoms with Crippen LogP contribution in [0.5, 0.6) is 0 Å². The molecule has 3 aromatic rings. The maximum absolute atomic E-state index is 11.0. The van der Waals surface area contributed by atoms with Gasteiger partial charge < -0.3 is 15.7 Å². The number of benzene rings is 1. The van der Waals surface area contributed by atoms with Crippen molar-refractivity contribution in [3.63, 3.8) is 0 Å². The second-order valence-electron chi connectivity index (χ2n) is 5.01. The van der Waals surface area contributed by atoms with Crippen LogP contribution in [0.15, 0.2) is 61.2 Å². The lowest BCUT2D eigenvalue weighted by atomic mass is 10.2. The third-order valence-corrected chi connectivity index (χ3v) is 3.25. The molecule has 7 nitrogen and oxygen atoms in total. The van der Waals surface area contributed by atoms with E-state index in [0.29, 0.717) is 23.9 Å². The van der Waals surface area contributed by atoms with E-state index in [4.69, 9.17) is 5.11 Å². The lowest BCUT2D eigenvalue weighted by Gasteiger charge is -2.09. The second-order valence-corrected chi connectivity index (χ2v) is 5.01. The normalized spacial score (nSPS) is 10.2. The number of nitrogens with zero attached hydrogens (tertiary/aromatic N) is 3. The van der Waals surface area contributed by atoms with Gasteiger partial charge in [0.2, 0.25) is 0 Å². The first-order valence-electron chi connectivity index (χ1n) is 7.26. The number of hydrogen-bond acceptors (Lipinski definition) is 6. The van der Waals surface area contributed by atoms with Crippen molar-refractivity contribution in [2.45, 2.75) is 6.54 Å². The van der Waals surface area contributed by atoms with Crippen molar-refractivity contribution >= 4 is 23.3 Å². The summed E-state index contributed by atoms with van der Waals surface area (Å²) in [5.41, 5.74) is 1.90. The monoisotopic (exact) mass is 321 g/mol. The molecule has 1 aromatic carbocycles. The van der Waals surface area contributed by atoms with E-state index >= 15 is 0 Å². The molecule has 0 saturated heterocycles. The molecule has 0 amide bonds. The number of aromatic nitrogens is 3. The largest absolute Gasteiger partial charge is 0.478 e. The van der Waals surface area contributed by atoms with Crippen LogP contribution in [0.1, 0.15) is 15.9 Å². The third kappa shape index (κ3) is 4.04. The summed E-state index contributed by atoms with van der Waals surface area (Å²) < 4.78 is 0. The molecule has 0 saturated carbocycles. The van der Waals surface area contributed by atoms with E-state index in [1.54, 1.807) is 36.7 Å². The predicted octanol–water partition coefficient (Wildman–Crippen LogP) is 2.93. The number of rotatable bonds is 6. The highest BCUT2D eigenvalue weighted by Crippen LogP contribution is 2.18. The highest BCUT2D eigenvalue weighted by atomic mass is 16.4. The number of aromatic carboxylic acids is 1. The Morgan fingerprint density at radius 2 is 1.96 bits per heavy atom. The zero-order valence-corrected chi connectivity index (χ0v) is 12.7. The van der Waals surface area contributed by atoms with E-state index < -0.39 is 5.97 Å². The SMILES string of the molecule is O=C(O)c1cccc(Nc2cc(NCc3cccnc3)ncn2)c1. The third-order valence-electron chi connectivity index (χ3n) is 3.25. The molecule has 0 spiro atoms. The van der Waals surface area contributed by atoms with Crippen LogP contribution in [0.2, 0.25) is 0 Å². The van der Waals surface area contributed by atoms with E-state index in [2.05, 4.69) is 25.6 Å². The average molecular weight is 321 g/mol. The van der Waals surface area contributed by atoms with E-state index in [-0.39, 0.29) is 5.56 Å². The van der Waals surface area contributed by atoms with Crippen LogP contribution in [0.3, 0.4) is 0 Å². The van der Waals surface area contributed by atoms with Gasteiger partial charge in [-0.05, 0) is 29.8 Å². The van der Waals surface area contributed by atoms with E-state index in [0.717, 1.165) is 5.56 Å². The number of nitrogens with one attached hydrogen (secondary N) is 2. The van der Waals surface area contributed by atoms with Gasteiger partial charge in [-0.2, -0.15) is 0 Å². The Kier molecular flexibility index (Phi) is 4.62. The van der Waals surface area contributed by atoms with E-state index in [1.165, 1.54) is 12.4 Å². The van der Waals surface area contributed by atoms with E-state index in [9.17, 15) is 4.79 Å². The van der Waals surface area contributed by atoms with Gasteiger partial charge in [0.1, 0.15) is 18.0 Å². The van der Waals surface area contributed by atoms with Crippen LogP contribution >= 0.6 is 0 Å². The molecule has 0 aliphatic heterocycles. The predicted molar refractivity (Wildman–Crippen MR) is 90.3 cm³/mol. The fourth-order valence-corrected chi connectivity index (χ4v) is 2.10. The van der Waals surface area contributed by atoms with Crippen molar-refractivity contribution in [1.82, 2.24) is 15.0 Å². The summed E-state index contributed by atoms with van der Waals surface area (Å²) in [6.07, 6.45) is 4.95. The van der Waals surface area contributed by atoms with Crippen LogP contribution in [-0.2, 0) is 6.54 Å². The Balaban J connectivity index is 1.69. The molecule has 0 aliphatic rings. The summed E-state index contributed by atoms with van der Waals surface area (Å²) in [5.74, 6) is 0.257. The fourth-order valence-electron chi connectivity index (χ4n) is 2.10. The zero-order valence-electron chi connectivity index (χ0n) is 12.7. The molecule has 0 atom stereocenters. The second kappa shape index (κ2) is 7.19. The van der Waals surface area contributed by atoms with Crippen molar-refractivity contribution in [2.24, 2.45) is 0 Å². The van der Waals surface area contributed by atoms with Gasteiger partial charge in [0.15, 0.2) is 0 Å². The van der Waals surface area contributed by atoms with Crippen molar-refractivity contribution in [3.05, 3.63) is 72.3 Å². The topological polar surface area (TPSA) is 100 Å². The molecule has 2 aromatic heterocycles. The van der Waals surface area contributed by atoms with Gasteiger partial charge in [-0.15, -0.1) is 0 Å². The van der Waals surface area contributed by atoms with Gasteiger partial charge in [-0.1, -0.05) is 12.1 Å². The first-order chi connectivity index (χ1) is 11.7. The Morgan fingerprint density at radius 3 is 2.75 bits per heavy atom. The number of pyridine rings is 1. The Bertz CT molecular complexity index is 839. The van der Waals surface area contributed by atoms with Crippen molar-refractivity contribution in [3.8, 4) is 0 Å². The summed E-state index contributed by atoms with van der Waals surface area (Å²) >= 11 is 0. The van der Waals surface area contributed by atoms with Crippen molar-refractivity contribution in [1.29, 1.82) is 0 Å². The quantitative estimate of drug-likeness (QED) is 0.642. The first kappa shape index (κ1) is 15.4. The maximum Gasteiger partial charge on any atom is 0.335 e. The first-order valence-corrected chi connectivity index (χ1v) is 7.26. The summed E-state index contributed by atoms with van der Waals surface area (Å²) in [6.45, 7) is 0.596. The lowest BCUT2D eigenvalue weighted by molar-refractivity contribution is 0.0697. The molecule has 3 N–H and O–H groups in total. The average Bonchev–Trinajstić information content (AvgIpc) is 2.61. The number of hydrogen-bond donors (Lipinski definition) is 3. The minimum absolute atomic E-state index is 0.212. The standard InChI is InChI=1S/C17H15N5O2/c23-17(24)13-4-1-5-14(7-13)22-16-8-15(20-11-21-16)19-10-12-3-2-6-18-9-12/h1-9,11H,10H2,(H,23,24)(H2,19,20,21,22). The molecule has 0 unspecified atom stereocenters. The maximum atomic E-state index is 11.0. The minimum Gasteiger partial charge on any atom is -0.478 e. The molecule has 7 heteroatoms. The molecule has 2 heterocycles. The summed E-state index contributed by atoms with van der Waals surface area (Å²) in [4.78, 5) is 23.4. The van der Waals surface area contributed by atoms with E-state index in [1.807, 2.05) is 12.1 Å². The molecule has 0 fully saturated rings. The van der Waals surface area contributed by atoms with Crippen LogP contribution < -0.4 is 10.6 Å². The highest BCUT2D eigenvalue weighted by Gasteiger charge is 2.04. The molecule has 0 radical (unpaired) electrons. The van der Waals surface area contributed by atoms with Gasteiger partial charge >= 0.3 is 5.97 Å².